The van der Waals surface area contributed by atoms with Crippen LogP contribution in [0.15, 0.2) is 18.2 Å². The number of nitriles is 1. The van der Waals surface area contributed by atoms with E-state index in [2.05, 4.69) is 0 Å². The first-order valence-electron chi connectivity index (χ1n) is 5.41. The lowest BCUT2D eigenvalue weighted by molar-refractivity contribution is -0.137. The van der Waals surface area contributed by atoms with E-state index >= 15 is 0 Å². The number of hydrogen-bond donors (Lipinski definition) is 0. The second-order valence-electron chi connectivity index (χ2n) is 4.04. The molecule has 18 heavy (non-hydrogen) atoms. The predicted molar refractivity (Wildman–Crippen MR) is 62.5 cm³/mol. The van der Waals surface area contributed by atoms with Crippen molar-refractivity contribution in [3.8, 4) is 6.07 Å². The molecule has 1 aliphatic heterocycles. The topological polar surface area (TPSA) is 27.0 Å². The summed E-state index contributed by atoms with van der Waals surface area (Å²) >= 11 is 6.10. The Labute approximate surface area is 108 Å². The molecule has 2 atom stereocenters. The summed E-state index contributed by atoms with van der Waals surface area (Å²) in [7, 11) is 0. The summed E-state index contributed by atoms with van der Waals surface area (Å²) in [5, 5.41) is 9.04. The van der Waals surface area contributed by atoms with E-state index in [-0.39, 0.29) is 0 Å². The van der Waals surface area contributed by atoms with Gasteiger partial charge in [0, 0.05) is 12.2 Å². The molecule has 1 aliphatic rings. The second kappa shape index (κ2) is 4.36. The molecule has 1 aromatic carbocycles. The monoisotopic (exact) mass is 274 g/mol. The van der Waals surface area contributed by atoms with Gasteiger partial charge in [0.05, 0.1) is 11.6 Å². The molecule has 0 aliphatic carbocycles. The van der Waals surface area contributed by atoms with Gasteiger partial charge in [0.2, 0.25) is 0 Å². The van der Waals surface area contributed by atoms with E-state index < -0.39 is 23.2 Å². The van der Waals surface area contributed by atoms with Crippen molar-refractivity contribution in [2.75, 3.05) is 11.4 Å². The van der Waals surface area contributed by atoms with E-state index in [1.807, 2.05) is 6.07 Å². The average molecular weight is 275 g/mol. The largest absolute Gasteiger partial charge is 0.416 e. The van der Waals surface area contributed by atoms with Crippen molar-refractivity contribution in [2.45, 2.75) is 24.5 Å². The summed E-state index contributed by atoms with van der Waals surface area (Å²) in [5.74, 6) is -0.594. The standard InChI is InChI=1S/C12H10ClF3N2/c1-2-18-10-5-7(12(14,15)16)3-4-8(10)9(6-17)11(18)13/h3-5,9,11H,2H2,1H3. The lowest BCUT2D eigenvalue weighted by Gasteiger charge is -2.22. The second-order valence-corrected chi connectivity index (χ2v) is 4.48. The van der Waals surface area contributed by atoms with Crippen LogP contribution in [0.5, 0.6) is 0 Å². The first-order chi connectivity index (χ1) is 8.40. The van der Waals surface area contributed by atoms with E-state index in [9.17, 15) is 13.2 Å². The van der Waals surface area contributed by atoms with Gasteiger partial charge in [0.1, 0.15) is 11.4 Å². The highest BCUT2D eigenvalue weighted by Crippen LogP contribution is 2.44. The molecule has 1 aromatic rings. The minimum absolute atomic E-state index is 0.402. The van der Waals surface area contributed by atoms with Gasteiger partial charge >= 0.3 is 6.18 Å². The van der Waals surface area contributed by atoms with Gasteiger partial charge in [0.25, 0.3) is 0 Å². The molecule has 0 saturated carbocycles. The molecule has 0 aromatic heterocycles. The van der Waals surface area contributed by atoms with Gasteiger partial charge in [-0.1, -0.05) is 17.7 Å². The highest BCUT2D eigenvalue weighted by molar-refractivity contribution is 6.23. The third-order valence-corrected chi connectivity index (χ3v) is 3.54. The fourth-order valence-corrected chi connectivity index (χ4v) is 2.60. The van der Waals surface area contributed by atoms with Crippen molar-refractivity contribution in [1.82, 2.24) is 0 Å². The van der Waals surface area contributed by atoms with Gasteiger partial charge in [-0.15, -0.1) is 0 Å². The number of likely N-dealkylation sites (N-methyl/N-ethyl adjacent to an activating group) is 1. The Kier molecular flexibility index (Phi) is 3.16. The highest BCUT2D eigenvalue weighted by Gasteiger charge is 2.39. The van der Waals surface area contributed by atoms with E-state index in [0.29, 0.717) is 17.8 Å². The molecular formula is C12H10ClF3N2. The van der Waals surface area contributed by atoms with Crippen molar-refractivity contribution in [2.24, 2.45) is 0 Å². The third kappa shape index (κ3) is 1.91. The molecule has 1 heterocycles. The van der Waals surface area contributed by atoms with Crippen LogP contribution in [0.3, 0.4) is 0 Å². The molecule has 0 bridgehead atoms. The molecule has 0 spiro atoms. The number of anilines is 1. The molecule has 0 fully saturated rings. The highest BCUT2D eigenvalue weighted by atomic mass is 35.5. The number of halogens is 4. The van der Waals surface area contributed by atoms with Crippen molar-refractivity contribution in [3.05, 3.63) is 29.3 Å². The lowest BCUT2D eigenvalue weighted by atomic mass is 10.0. The van der Waals surface area contributed by atoms with E-state index in [4.69, 9.17) is 16.9 Å². The zero-order chi connectivity index (χ0) is 13.5. The quantitative estimate of drug-likeness (QED) is 0.576. The Hall–Kier alpha value is -1.41. The summed E-state index contributed by atoms with van der Waals surface area (Å²) in [5.41, 5.74) is -0.369. The van der Waals surface area contributed by atoms with E-state index in [1.165, 1.54) is 6.07 Å². The Morgan fingerprint density at radius 1 is 1.44 bits per heavy atom. The van der Waals surface area contributed by atoms with Crippen molar-refractivity contribution < 1.29 is 13.2 Å². The van der Waals surface area contributed by atoms with Crippen molar-refractivity contribution in [1.29, 1.82) is 5.26 Å². The predicted octanol–water partition coefficient (Wildman–Crippen LogP) is 3.72. The van der Waals surface area contributed by atoms with Crippen LogP contribution in [-0.2, 0) is 6.18 Å². The van der Waals surface area contributed by atoms with Crippen LogP contribution in [0, 0.1) is 11.3 Å². The number of nitrogens with zero attached hydrogens (tertiary/aromatic N) is 2. The number of alkyl halides is 4. The first kappa shape index (κ1) is 13.0. The molecule has 2 nitrogen and oxygen atoms in total. The average Bonchev–Trinajstić information content (AvgIpc) is 2.58. The van der Waals surface area contributed by atoms with E-state index in [1.54, 1.807) is 11.8 Å². The summed E-state index contributed by atoms with van der Waals surface area (Å²) < 4.78 is 37.9. The molecular weight excluding hydrogens is 265 g/mol. The van der Waals surface area contributed by atoms with Crippen molar-refractivity contribution in [3.63, 3.8) is 0 Å². The van der Waals surface area contributed by atoms with Crippen LogP contribution in [0.2, 0.25) is 0 Å². The molecule has 0 radical (unpaired) electrons. The molecule has 0 amide bonds. The fourth-order valence-electron chi connectivity index (χ4n) is 2.17. The molecule has 0 N–H and O–H groups in total. The first-order valence-corrected chi connectivity index (χ1v) is 5.85. The molecule has 6 heteroatoms. The van der Waals surface area contributed by atoms with Gasteiger partial charge < -0.3 is 4.90 Å². The van der Waals surface area contributed by atoms with Crippen molar-refractivity contribution >= 4 is 17.3 Å². The maximum absolute atomic E-state index is 12.6. The third-order valence-electron chi connectivity index (χ3n) is 3.05. The van der Waals surface area contributed by atoms with Gasteiger partial charge in [-0.2, -0.15) is 18.4 Å². The zero-order valence-corrected chi connectivity index (χ0v) is 10.3. The Morgan fingerprint density at radius 2 is 2.11 bits per heavy atom. The number of rotatable bonds is 1. The van der Waals surface area contributed by atoms with Gasteiger partial charge in [-0.25, -0.2) is 0 Å². The Balaban J connectivity index is 2.54. The minimum atomic E-state index is -4.39. The SMILES string of the molecule is CCN1c2cc(C(F)(F)F)ccc2C(C#N)C1Cl. The van der Waals surface area contributed by atoms with Crippen LogP contribution in [-0.4, -0.2) is 12.0 Å². The lowest BCUT2D eigenvalue weighted by Crippen LogP contribution is -2.28. The minimum Gasteiger partial charge on any atom is -0.354 e. The molecule has 0 saturated heterocycles. The fraction of sp³-hybridized carbons (Fsp3) is 0.417. The van der Waals surface area contributed by atoms with Crippen LogP contribution in [0.25, 0.3) is 0 Å². The normalized spacial score (nSPS) is 22.8. The number of hydrogen-bond acceptors (Lipinski definition) is 2. The zero-order valence-electron chi connectivity index (χ0n) is 9.50. The summed E-state index contributed by atoms with van der Waals surface area (Å²) in [6.45, 7) is 2.25. The smallest absolute Gasteiger partial charge is 0.354 e. The Morgan fingerprint density at radius 3 is 2.61 bits per heavy atom. The number of benzene rings is 1. The number of fused-ring (bicyclic) bond motifs is 1. The van der Waals surface area contributed by atoms with Gasteiger partial charge in [-0.3, -0.25) is 0 Å². The summed E-state index contributed by atoms with van der Waals surface area (Å²) in [4.78, 5) is 1.61. The van der Waals surface area contributed by atoms with Crippen LogP contribution in [0.1, 0.15) is 24.0 Å². The van der Waals surface area contributed by atoms with Crippen LogP contribution >= 0.6 is 11.6 Å². The van der Waals surface area contributed by atoms with E-state index in [0.717, 1.165) is 12.1 Å². The maximum atomic E-state index is 12.6. The van der Waals surface area contributed by atoms with Crippen LogP contribution < -0.4 is 4.90 Å². The summed E-state index contributed by atoms with van der Waals surface area (Å²) in [6, 6.07) is 5.43. The summed E-state index contributed by atoms with van der Waals surface area (Å²) in [6.07, 6.45) is -4.39. The van der Waals surface area contributed by atoms with Gasteiger partial charge in [-0.05, 0) is 24.6 Å². The Bertz CT molecular complexity index is 507. The molecule has 2 rings (SSSR count). The van der Waals surface area contributed by atoms with Crippen LogP contribution in [0.4, 0.5) is 18.9 Å². The molecule has 2 unspecified atom stereocenters. The molecule has 96 valence electrons. The maximum Gasteiger partial charge on any atom is 0.416 e. The van der Waals surface area contributed by atoms with Gasteiger partial charge in [0.15, 0.2) is 0 Å².